The van der Waals surface area contributed by atoms with Gasteiger partial charge in [-0.3, -0.25) is 14.7 Å². The van der Waals surface area contributed by atoms with Crippen LogP contribution in [0.15, 0.2) is 36.5 Å². The summed E-state index contributed by atoms with van der Waals surface area (Å²) in [5.74, 6) is -4.34. The number of hydrogen-bond donors (Lipinski definition) is 3. The van der Waals surface area contributed by atoms with E-state index in [4.69, 9.17) is 15.2 Å². The smallest absolute Gasteiger partial charge is 0.309 e. The molecule has 0 amide bonds. The molecule has 1 aliphatic rings. The highest BCUT2D eigenvalue weighted by Gasteiger charge is 2.41. The van der Waals surface area contributed by atoms with Gasteiger partial charge in [-0.15, -0.1) is 0 Å². The number of pyridine rings is 1. The summed E-state index contributed by atoms with van der Waals surface area (Å²) in [6.45, 7) is 1.36. The van der Waals surface area contributed by atoms with Crippen LogP contribution in [0.5, 0.6) is 11.5 Å². The van der Waals surface area contributed by atoms with Crippen LogP contribution in [0.4, 0.5) is 13.2 Å². The summed E-state index contributed by atoms with van der Waals surface area (Å²) in [6, 6.07) is 6.59. The van der Waals surface area contributed by atoms with Crippen LogP contribution in [-0.2, 0) is 11.3 Å². The van der Waals surface area contributed by atoms with Crippen molar-refractivity contribution in [1.82, 2.24) is 9.88 Å². The number of benzene rings is 2. The van der Waals surface area contributed by atoms with E-state index in [1.54, 1.807) is 31.5 Å². The van der Waals surface area contributed by atoms with Gasteiger partial charge in [0.1, 0.15) is 18.2 Å². The van der Waals surface area contributed by atoms with Crippen molar-refractivity contribution in [3.63, 3.8) is 0 Å². The molecule has 1 fully saturated rings. The molecule has 1 atom stereocenters. The number of likely N-dealkylation sites (tertiary alicyclic amines) is 1. The minimum Gasteiger partial charge on any atom is -0.497 e. The predicted octanol–water partition coefficient (Wildman–Crippen LogP) is 4.18. The van der Waals surface area contributed by atoms with Gasteiger partial charge < -0.3 is 25.4 Å². The van der Waals surface area contributed by atoms with Gasteiger partial charge in [0.25, 0.3) is 0 Å². The van der Waals surface area contributed by atoms with Crippen LogP contribution in [0, 0.1) is 22.9 Å². The number of aliphatic hydroxyl groups is 1. The van der Waals surface area contributed by atoms with Crippen molar-refractivity contribution in [1.29, 1.82) is 0 Å². The van der Waals surface area contributed by atoms with E-state index in [0.29, 0.717) is 66.3 Å². The molecule has 3 aromatic rings. The number of halogens is 3. The molecule has 1 aromatic heterocycles. The molecule has 4 rings (SSSR count). The topological polar surface area (TPSA) is 118 Å². The lowest BCUT2D eigenvalue weighted by atomic mass is 9.74. The number of piperidine rings is 1. The number of hydrogen-bond acceptors (Lipinski definition) is 7. The minimum atomic E-state index is -1.33. The summed E-state index contributed by atoms with van der Waals surface area (Å²) in [5.41, 5.74) is 6.87. The summed E-state index contributed by atoms with van der Waals surface area (Å²) in [6.07, 6.45) is 1.82. The molecule has 2 aromatic carbocycles. The average molecular weight is 548 g/mol. The van der Waals surface area contributed by atoms with E-state index in [0.717, 1.165) is 6.07 Å². The van der Waals surface area contributed by atoms with Gasteiger partial charge >= 0.3 is 5.97 Å². The number of carbonyl (C=O) groups is 1. The summed E-state index contributed by atoms with van der Waals surface area (Å²) in [7, 11) is 1.55. The van der Waals surface area contributed by atoms with Gasteiger partial charge in [-0.25, -0.2) is 8.78 Å². The van der Waals surface area contributed by atoms with E-state index in [-0.39, 0.29) is 26.0 Å². The van der Waals surface area contributed by atoms with Crippen molar-refractivity contribution in [3.8, 4) is 11.5 Å². The van der Waals surface area contributed by atoms with E-state index < -0.39 is 40.7 Å². The SMILES string of the molecule is COc1ccc2ncc(CN)c(C(O)CCC3(C(=O)O)CCN(CCOc4cc(F)cc(F)c4F)CC3)c2c1. The Labute approximate surface area is 224 Å². The maximum atomic E-state index is 13.8. The van der Waals surface area contributed by atoms with Gasteiger partial charge in [0.05, 0.1) is 24.1 Å². The number of methoxy groups -OCH3 is 1. The number of carboxylic acids is 1. The van der Waals surface area contributed by atoms with E-state index >= 15 is 0 Å². The van der Waals surface area contributed by atoms with Gasteiger partial charge in [0, 0.05) is 36.8 Å². The number of nitrogens with zero attached hydrogens (tertiary/aromatic N) is 2. The Kier molecular flexibility index (Phi) is 8.94. The van der Waals surface area contributed by atoms with Crippen molar-refractivity contribution in [2.24, 2.45) is 11.1 Å². The van der Waals surface area contributed by atoms with Gasteiger partial charge in [-0.1, -0.05) is 0 Å². The van der Waals surface area contributed by atoms with E-state index in [9.17, 15) is 28.2 Å². The van der Waals surface area contributed by atoms with Crippen molar-refractivity contribution in [2.45, 2.75) is 38.3 Å². The molecule has 0 radical (unpaired) electrons. The lowest BCUT2D eigenvalue weighted by Crippen LogP contribution is -2.45. The molecule has 8 nitrogen and oxygen atoms in total. The number of carboxylic acid groups (broad SMARTS) is 1. The molecule has 0 saturated carbocycles. The monoisotopic (exact) mass is 547 g/mol. The Balaban J connectivity index is 1.39. The van der Waals surface area contributed by atoms with Crippen molar-refractivity contribution in [2.75, 3.05) is 33.4 Å². The molecular weight excluding hydrogens is 515 g/mol. The normalized spacial score (nSPS) is 16.3. The Morgan fingerprint density at radius 3 is 2.62 bits per heavy atom. The number of rotatable bonds is 11. The van der Waals surface area contributed by atoms with E-state index in [2.05, 4.69) is 4.98 Å². The molecule has 2 heterocycles. The third kappa shape index (κ3) is 6.26. The second kappa shape index (κ2) is 12.2. The third-order valence-electron chi connectivity index (χ3n) is 7.54. The summed E-state index contributed by atoms with van der Waals surface area (Å²) >= 11 is 0. The first kappa shape index (κ1) is 28.6. The standard InChI is InChI=1S/C28H32F3N3O5/c1-38-19-2-3-22-20(14-19)25(17(15-32)16-33-22)23(35)4-5-28(27(36)37)6-8-34(9-7-28)10-11-39-24-13-18(29)12-21(30)26(24)31/h2-3,12-14,16,23,35H,4-11,15,32H2,1H3,(H,36,37). The molecule has 0 spiro atoms. The largest absolute Gasteiger partial charge is 0.497 e. The van der Waals surface area contributed by atoms with Crippen LogP contribution in [0.3, 0.4) is 0 Å². The minimum absolute atomic E-state index is 0.0148. The molecule has 39 heavy (non-hydrogen) atoms. The molecular formula is C28H32F3N3O5. The summed E-state index contributed by atoms with van der Waals surface area (Å²) in [4.78, 5) is 18.7. The molecule has 0 aliphatic carbocycles. The molecule has 1 unspecified atom stereocenters. The fourth-order valence-electron chi connectivity index (χ4n) is 5.17. The molecule has 0 bridgehead atoms. The van der Waals surface area contributed by atoms with E-state index in [1.807, 2.05) is 4.90 Å². The highest BCUT2D eigenvalue weighted by molar-refractivity contribution is 5.85. The molecule has 1 saturated heterocycles. The third-order valence-corrected chi connectivity index (χ3v) is 7.54. The lowest BCUT2D eigenvalue weighted by molar-refractivity contribution is -0.153. The number of aliphatic hydroxyl groups excluding tert-OH is 1. The van der Waals surface area contributed by atoms with Crippen LogP contribution in [0.2, 0.25) is 0 Å². The lowest BCUT2D eigenvalue weighted by Gasteiger charge is -2.39. The highest BCUT2D eigenvalue weighted by atomic mass is 19.2. The van der Waals surface area contributed by atoms with Gasteiger partial charge in [-0.05, 0) is 68.1 Å². The van der Waals surface area contributed by atoms with Crippen LogP contribution in [0.25, 0.3) is 10.9 Å². The average Bonchev–Trinajstić information content (AvgIpc) is 2.93. The summed E-state index contributed by atoms with van der Waals surface area (Å²) < 4.78 is 51.1. The summed E-state index contributed by atoms with van der Waals surface area (Å²) in [5, 5.41) is 22.1. The number of fused-ring (bicyclic) bond motifs is 1. The second-order valence-electron chi connectivity index (χ2n) is 9.81. The van der Waals surface area contributed by atoms with Gasteiger partial charge in [0.15, 0.2) is 11.6 Å². The fourth-order valence-corrected chi connectivity index (χ4v) is 5.17. The Hall–Kier alpha value is -3.41. The second-order valence-corrected chi connectivity index (χ2v) is 9.81. The quantitative estimate of drug-likeness (QED) is 0.306. The maximum Gasteiger partial charge on any atom is 0.309 e. The molecule has 1 aliphatic heterocycles. The zero-order valence-electron chi connectivity index (χ0n) is 21.6. The van der Waals surface area contributed by atoms with Crippen LogP contribution >= 0.6 is 0 Å². The predicted molar refractivity (Wildman–Crippen MR) is 138 cm³/mol. The molecule has 4 N–H and O–H groups in total. The number of ether oxygens (including phenoxy) is 2. The van der Waals surface area contributed by atoms with Crippen molar-refractivity contribution >= 4 is 16.9 Å². The van der Waals surface area contributed by atoms with Gasteiger partial charge in [-0.2, -0.15) is 4.39 Å². The molecule has 210 valence electrons. The molecule has 11 heteroatoms. The maximum absolute atomic E-state index is 13.8. The zero-order chi connectivity index (χ0) is 28.2. The number of aliphatic carboxylic acids is 1. The first-order valence-corrected chi connectivity index (χ1v) is 12.7. The first-order valence-electron chi connectivity index (χ1n) is 12.7. The Morgan fingerprint density at radius 1 is 1.21 bits per heavy atom. The van der Waals surface area contributed by atoms with Crippen LogP contribution in [0.1, 0.15) is 42.9 Å². The first-order chi connectivity index (χ1) is 18.7. The number of nitrogens with two attached hydrogens (primary N) is 1. The number of aromatic nitrogens is 1. The van der Waals surface area contributed by atoms with Crippen LogP contribution < -0.4 is 15.2 Å². The van der Waals surface area contributed by atoms with Crippen LogP contribution in [-0.4, -0.2) is 59.4 Å². The van der Waals surface area contributed by atoms with Crippen molar-refractivity contribution < 1.29 is 37.7 Å². The highest BCUT2D eigenvalue weighted by Crippen LogP contribution is 2.40. The van der Waals surface area contributed by atoms with E-state index in [1.165, 1.54) is 0 Å². The fraction of sp³-hybridized carbons (Fsp3) is 0.429. The Morgan fingerprint density at radius 2 is 1.95 bits per heavy atom. The zero-order valence-corrected chi connectivity index (χ0v) is 21.6. The van der Waals surface area contributed by atoms with Crippen molar-refractivity contribution in [3.05, 3.63) is 65.1 Å². The Bertz CT molecular complexity index is 1330. The van der Waals surface area contributed by atoms with Gasteiger partial charge in [0.2, 0.25) is 5.82 Å².